The van der Waals surface area contributed by atoms with Crippen LogP contribution in [0.1, 0.15) is 16.7 Å². The summed E-state index contributed by atoms with van der Waals surface area (Å²) in [5.74, 6) is 0.161. The van der Waals surface area contributed by atoms with E-state index >= 15 is 0 Å². The van der Waals surface area contributed by atoms with Gasteiger partial charge in [-0.25, -0.2) is 0 Å². The highest BCUT2D eigenvalue weighted by molar-refractivity contribution is 5.79. The predicted molar refractivity (Wildman–Crippen MR) is 109 cm³/mol. The molecule has 1 amide bonds. The smallest absolute Gasteiger partial charge is 0.236 e. The normalized spacial score (nSPS) is 15.0. The molecule has 1 aliphatic rings. The van der Waals surface area contributed by atoms with E-state index in [1.54, 1.807) is 0 Å². The Labute approximate surface area is 160 Å². The summed E-state index contributed by atoms with van der Waals surface area (Å²) >= 11 is 0. The van der Waals surface area contributed by atoms with E-state index in [2.05, 4.69) is 78.1 Å². The maximum absolute atomic E-state index is 12.6. The van der Waals surface area contributed by atoms with Crippen LogP contribution in [0.25, 0.3) is 0 Å². The van der Waals surface area contributed by atoms with E-state index in [1.165, 1.54) is 16.7 Å². The minimum atomic E-state index is -0.406. The van der Waals surface area contributed by atoms with Crippen molar-refractivity contribution in [3.8, 4) is 0 Å². The van der Waals surface area contributed by atoms with Gasteiger partial charge in [-0.15, -0.1) is 0 Å². The van der Waals surface area contributed by atoms with Crippen LogP contribution in [-0.4, -0.2) is 37.0 Å². The van der Waals surface area contributed by atoms with Gasteiger partial charge in [0.25, 0.3) is 0 Å². The van der Waals surface area contributed by atoms with Crippen molar-refractivity contribution in [1.82, 2.24) is 10.2 Å². The van der Waals surface area contributed by atoms with Crippen molar-refractivity contribution >= 4 is 5.91 Å². The number of rotatable bonds is 5. The van der Waals surface area contributed by atoms with Crippen LogP contribution in [0, 0.1) is 0 Å². The zero-order valence-electron chi connectivity index (χ0n) is 15.3. The second-order valence-electron chi connectivity index (χ2n) is 7.00. The molecule has 27 heavy (non-hydrogen) atoms. The molecule has 0 spiro atoms. The summed E-state index contributed by atoms with van der Waals surface area (Å²) in [4.78, 5) is 14.6. The summed E-state index contributed by atoms with van der Waals surface area (Å²) in [5, 5.41) is 3.18. The number of hydrogen-bond acceptors (Lipinski definition) is 2. The average molecular weight is 356 g/mol. The van der Waals surface area contributed by atoms with E-state index in [0.717, 1.165) is 13.1 Å². The number of hydrogen-bond donors (Lipinski definition) is 1. The first-order valence-electron chi connectivity index (χ1n) is 9.46. The maximum Gasteiger partial charge on any atom is 0.236 e. The van der Waals surface area contributed by atoms with Crippen LogP contribution in [0.3, 0.4) is 0 Å². The molecular formula is C24H24N2O. The third-order valence-corrected chi connectivity index (χ3v) is 5.42. The second-order valence-corrected chi connectivity index (χ2v) is 7.00. The largest absolute Gasteiger partial charge is 0.339 e. The zero-order chi connectivity index (χ0) is 18.5. The molecule has 3 aromatic rings. The Kier molecular flexibility index (Phi) is 5.03. The molecule has 0 aromatic heterocycles. The molecule has 1 saturated heterocycles. The summed E-state index contributed by atoms with van der Waals surface area (Å²) < 4.78 is 0. The fraction of sp³-hybridized carbons (Fsp3) is 0.208. The Hall–Kier alpha value is -2.91. The van der Waals surface area contributed by atoms with E-state index < -0.39 is 5.41 Å². The predicted octanol–water partition coefficient (Wildman–Crippen LogP) is 3.45. The van der Waals surface area contributed by atoms with Gasteiger partial charge < -0.3 is 10.2 Å². The fourth-order valence-electron chi connectivity index (χ4n) is 4.04. The molecule has 1 fully saturated rings. The highest BCUT2D eigenvalue weighted by atomic mass is 16.2. The van der Waals surface area contributed by atoms with Crippen LogP contribution in [-0.2, 0) is 10.2 Å². The first kappa shape index (κ1) is 17.5. The van der Waals surface area contributed by atoms with Gasteiger partial charge in [0.2, 0.25) is 5.91 Å². The highest BCUT2D eigenvalue weighted by Gasteiger charge is 2.39. The third kappa shape index (κ3) is 3.38. The topological polar surface area (TPSA) is 32.3 Å². The van der Waals surface area contributed by atoms with Gasteiger partial charge in [0.15, 0.2) is 0 Å². The number of benzene rings is 3. The third-order valence-electron chi connectivity index (χ3n) is 5.42. The molecule has 136 valence electrons. The summed E-state index contributed by atoms with van der Waals surface area (Å²) in [6.07, 6.45) is 0. The average Bonchev–Trinajstić information content (AvgIpc) is 2.75. The van der Waals surface area contributed by atoms with Gasteiger partial charge >= 0.3 is 0 Å². The van der Waals surface area contributed by atoms with Gasteiger partial charge in [0.1, 0.15) is 0 Å². The fourth-order valence-corrected chi connectivity index (χ4v) is 4.04. The zero-order valence-corrected chi connectivity index (χ0v) is 15.3. The lowest BCUT2D eigenvalue weighted by Gasteiger charge is -2.41. The molecule has 0 atom stereocenters. The lowest BCUT2D eigenvalue weighted by molar-refractivity contribution is -0.132. The van der Waals surface area contributed by atoms with Crippen LogP contribution in [0.4, 0.5) is 0 Å². The van der Waals surface area contributed by atoms with Crippen molar-refractivity contribution in [3.05, 3.63) is 108 Å². The SMILES string of the molecule is O=C1CNCCN1CC(c1ccccc1)(c1ccccc1)c1ccccc1. The van der Waals surface area contributed by atoms with Crippen molar-refractivity contribution in [3.63, 3.8) is 0 Å². The Morgan fingerprint density at radius 1 is 0.741 bits per heavy atom. The molecule has 0 saturated carbocycles. The minimum Gasteiger partial charge on any atom is -0.339 e. The quantitative estimate of drug-likeness (QED) is 0.710. The first-order valence-corrected chi connectivity index (χ1v) is 9.46. The highest BCUT2D eigenvalue weighted by Crippen LogP contribution is 2.40. The monoisotopic (exact) mass is 356 g/mol. The maximum atomic E-state index is 12.6. The molecule has 0 bridgehead atoms. The number of nitrogens with one attached hydrogen (secondary N) is 1. The number of carbonyl (C=O) groups is 1. The van der Waals surface area contributed by atoms with Gasteiger partial charge in [-0.05, 0) is 16.7 Å². The van der Waals surface area contributed by atoms with E-state index in [0.29, 0.717) is 13.1 Å². The lowest BCUT2D eigenvalue weighted by Crippen LogP contribution is -2.53. The molecule has 3 heteroatoms. The molecule has 1 N–H and O–H groups in total. The molecule has 4 rings (SSSR count). The second kappa shape index (κ2) is 7.77. The van der Waals surface area contributed by atoms with E-state index in [-0.39, 0.29) is 5.91 Å². The molecule has 0 aliphatic carbocycles. The number of nitrogens with zero attached hydrogens (tertiary/aromatic N) is 1. The van der Waals surface area contributed by atoms with Crippen LogP contribution < -0.4 is 5.32 Å². The molecular weight excluding hydrogens is 332 g/mol. The summed E-state index contributed by atoms with van der Waals surface area (Å²) in [6, 6.07) is 31.6. The Bertz CT molecular complexity index is 781. The number of amides is 1. The Morgan fingerprint density at radius 2 is 1.19 bits per heavy atom. The van der Waals surface area contributed by atoms with Gasteiger partial charge in [0, 0.05) is 19.6 Å². The van der Waals surface area contributed by atoms with Gasteiger partial charge in [-0.3, -0.25) is 4.79 Å². The summed E-state index contributed by atoms with van der Waals surface area (Å²) in [6.45, 7) is 2.60. The van der Waals surface area contributed by atoms with E-state index in [4.69, 9.17) is 0 Å². The van der Waals surface area contributed by atoms with Gasteiger partial charge in [0.05, 0.1) is 12.0 Å². The van der Waals surface area contributed by atoms with Crippen molar-refractivity contribution in [2.45, 2.75) is 5.41 Å². The van der Waals surface area contributed by atoms with Crippen LogP contribution in [0.5, 0.6) is 0 Å². The Morgan fingerprint density at radius 3 is 1.59 bits per heavy atom. The van der Waals surface area contributed by atoms with Crippen molar-refractivity contribution < 1.29 is 4.79 Å². The van der Waals surface area contributed by atoms with E-state index in [9.17, 15) is 4.79 Å². The molecule has 1 heterocycles. The van der Waals surface area contributed by atoms with Crippen molar-refractivity contribution in [1.29, 1.82) is 0 Å². The molecule has 3 nitrogen and oxygen atoms in total. The minimum absolute atomic E-state index is 0.161. The molecule has 1 aliphatic heterocycles. The van der Waals surface area contributed by atoms with Crippen LogP contribution in [0.2, 0.25) is 0 Å². The number of carbonyl (C=O) groups excluding carboxylic acids is 1. The summed E-state index contributed by atoms with van der Waals surface area (Å²) in [5.41, 5.74) is 3.20. The summed E-state index contributed by atoms with van der Waals surface area (Å²) in [7, 11) is 0. The number of piperazine rings is 1. The van der Waals surface area contributed by atoms with Crippen LogP contribution >= 0.6 is 0 Å². The Balaban J connectivity index is 1.93. The van der Waals surface area contributed by atoms with Gasteiger partial charge in [-0.2, -0.15) is 0 Å². The first-order chi connectivity index (χ1) is 13.3. The van der Waals surface area contributed by atoms with Gasteiger partial charge in [-0.1, -0.05) is 91.0 Å². The lowest BCUT2D eigenvalue weighted by atomic mass is 9.69. The molecule has 0 unspecified atom stereocenters. The van der Waals surface area contributed by atoms with E-state index in [1.807, 2.05) is 23.1 Å². The molecule has 3 aromatic carbocycles. The van der Waals surface area contributed by atoms with Crippen LogP contribution in [0.15, 0.2) is 91.0 Å². The standard InChI is InChI=1S/C24H24N2O/c27-23-18-25-16-17-26(23)19-24(20-10-4-1-5-11-20,21-12-6-2-7-13-21)22-14-8-3-9-15-22/h1-15,25H,16-19H2. The van der Waals surface area contributed by atoms with Crippen molar-refractivity contribution in [2.24, 2.45) is 0 Å². The van der Waals surface area contributed by atoms with Crippen molar-refractivity contribution in [2.75, 3.05) is 26.2 Å². The molecule has 0 radical (unpaired) electrons.